The Balaban J connectivity index is 0.000000180. The lowest BCUT2D eigenvalue weighted by molar-refractivity contribution is -0.0963. The lowest BCUT2D eigenvalue weighted by Gasteiger charge is -2.51. The zero-order valence-electron chi connectivity index (χ0n) is 39.0. The van der Waals surface area contributed by atoms with Gasteiger partial charge in [-0.1, -0.05) is 35.3 Å². The normalized spacial score (nSPS) is 24.4. The number of benzene rings is 4. The molecule has 0 amide bonds. The van der Waals surface area contributed by atoms with Crippen LogP contribution in [0.3, 0.4) is 0 Å². The monoisotopic (exact) mass is 1110 g/mol. The van der Waals surface area contributed by atoms with Crippen molar-refractivity contribution in [3.8, 4) is 11.5 Å². The van der Waals surface area contributed by atoms with Gasteiger partial charge in [0.25, 0.3) is 0 Å². The van der Waals surface area contributed by atoms with Gasteiger partial charge in [-0.2, -0.15) is 5.10 Å². The molecular formula is C50H50Cl2F4N4O10S3. The van der Waals surface area contributed by atoms with Gasteiger partial charge in [-0.15, -0.1) is 0 Å². The number of sulfone groups is 3. The number of aromatic nitrogens is 2. The molecule has 2 saturated heterocycles. The maximum absolute atomic E-state index is 15.4. The lowest BCUT2D eigenvalue weighted by Crippen LogP contribution is -2.57. The predicted octanol–water partition coefficient (Wildman–Crippen LogP) is 7.97. The van der Waals surface area contributed by atoms with E-state index in [1.807, 2.05) is 12.1 Å². The van der Waals surface area contributed by atoms with E-state index in [1.54, 1.807) is 36.8 Å². The number of ether oxygens (including phenoxy) is 4. The SMILES string of the molecule is O=S(=O)(CC[C@@H]1OCC[C@@]2(Cc3ccc(Cl)cc3)c3c(F)ccc(F)c3OC[C@@H]12)CC1=NCC=N1.O=S(=O)(CC[C@@H]1OCC[C@@]2(S(=O)(=O)c3ccc(Cl)cc3)c3c(F)ccc(F)c3OC[C@@H]12)CCn1cccn1. The highest BCUT2D eigenvalue weighted by molar-refractivity contribution is 7.92. The predicted molar refractivity (Wildman–Crippen MR) is 266 cm³/mol. The third kappa shape index (κ3) is 10.8. The topological polar surface area (TPSA) is 182 Å². The van der Waals surface area contributed by atoms with Crippen LogP contribution in [0.4, 0.5) is 17.6 Å². The first-order valence-corrected chi connectivity index (χ1v) is 29.4. The molecule has 23 heteroatoms. The van der Waals surface area contributed by atoms with Crippen LogP contribution in [0.1, 0.15) is 42.4 Å². The van der Waals surface area contributed by atoms with Crippen molar-refractivity contribution in [3.05, 3.63) is 141 Å². The van der Waals surface area contributed by atoms with Crippen molar-refractivity contribution in [2.75, 3.05) is 56.0 Å². The summed E-state index contributed by atoms with van der Waals surface area (Å²) in [4.78, 5) is 7.95. The van der Waals surface area contributed by atoms with Crippen molar-refractivity contribution in [3.63, 3.8) is 0 Å². The first-order chi connectivity index (χ1) is 34.8. The number of halogens is 6. The van der Waals surface area contributed by atoms with Gasteiger partial charge in [0.2, 0.25) is 0 Å². The van der Waals surface area contributed by atoms with Crippen LogP contribution >= 0.6 is 23.2 Å². The van der Waals surface area contributed by atoms with Gasteiger partial charge in [-0.3, -0.25) is 9.67 Å². The summed E-state index contributed by atoms with van der Waals surface area (Å²) in [6.07, 6.45) is 4.24. The quantitative estimate of drug-likeness (QED) is 0.0928. The molecule has 0 unspecified atom stereocenters. The average molecular weight is 1110 g/mol. The Morgan fingerprint density at radius 1 is 0.671 bits per heavy atom. The zero-order valence-corrected chi connectivity index (χ0v) is 43.0. The van der Waals surface area contributed by atoms with Crippen molar-refractivity contribution in [1.82, 2.24) is 9.78 Å². The van der Waals surface area contributed by atoms with E-state index >= 15 is 8.78 Å². The first-order valence-electron chi connectivity index (χ1n) is 23.5. The van der Waals surface area contributed by atoms with E-state index in [0.29, 0.717) is 41.9 Å². The Bertz CT molecular complexity index is 3250. The summed E-state index contributed by atoms with van der Waals surface area (Å²) >= 11 is 12.0. The van der Waals surface area contributed by atoms with E-state index < -0.39 is 92.4 Å². The molecular weight excluding hydrogens is 1060 g/mol. The lowest BCUT2D eigenvalue weighted by atomic mass is 9.60. The van der Waals surface area contributed by atoms with Crippen molar-refractivity contribution in [2.24, 2.45) is 21.8 Å². The van der Waals surface area contributed by atoms with E-state index in [9.17, 15) is 34.0 Å². The second kappa shape index (κ2) is 21.4. The number of amidine groups is 1. The van der Waals surface area contributed by atoms with Crippen LogP contribution in [0.15, 0.2) is 106 Å². The summed E-state index contributed by atoms with van der Waals surface area (Å²) in [5, 5.41) is 4.89. The molecule has 0 bridgehead atoms. The Labute approximate surface area is 430 Å². The van der Waals surface area contributed by atoms with Gasteiger partial charge in [-0.05, 0) is 104 Å². The largest absolute Gasteiger partial charge is 0.490 e. The highest BCUT2D eigenvalue weighted by Gasteiger charge is 2.62. The molecule has 10 rings (SSSR count). The van der Waals surface area contributed by atoms with E-state index in [2.05, 4.69) is 15.1 Å². The Morgan fingerprint density at radius 2 is 1.25 bits per heavy atom. The molecule has 0 radical (unpaired) electrons. The van der Waals surface area contributed by atoms with Crippen LogP contribution in [0.5, 0.6) is 11.5 Å². The average Bonchev–Trinajstić information content (AvgIpc) is 4.10. The molecule has 14 nitrogen and oxygen atoms in total. The van der Waals surface area contributed by atoms with Crippen molar-refractivity contribution in [2.45, 2.75) is 65.9 Å². The molecule has 5 aliphatic rings. The number of aliphatic imine (C=N–C) groups is 2. The van der Waals surface area contributed by atoms with Crippen molar-refractivity contribution < 1.29 is 61.8 Å². The smallest absolute Gasteiger partial charge is 0.189 e. The minimum Gasteiger partial charge on any atom is -0.490 e. The van der Waals surface area contributed by atoms with E-state index in [-0.39, 0.29) is 90.8 Å². The van der Waals surface area contributed by atoms with Crippen LogP contribution in [-0.4, -0.2) is 115 Å². The highest BCUT2D eigenvalue weighted by atomic mass is 35.5. The van der Waals surface area contributed by atoms with Gasteiger partial charge >= 0.3 is 0 Å². The zero-order chi connectivity index (χ0) is 51.8. The number of fused-ring (bicyclic) bond motifs is 6. The van der Waals surface area contributed by atoms with E-state index in [0.717, 1.165) is 29.8 Å². The van der Waals surface area contributed by atoms with Gasteiger partial charge in [0, 0.05) is 64.7 Å². The van der Waals surface area contributed by atoms with Crippen LogP contribution in [0.2, 0.25) is 10.0 Å². The first kappa shape index (κ1) is 52.9. The molecule has 6 heterocycles. The van der Waals surface area contributed by atoms with Crippen LogP contribution in [0.25, 0.3) is 0 Å². The summed E-state index contributed by atoms with van der Waals surface area (Å²) in [5.41, 5.74) is -0.0885. The third-order valence-electron chi connectivity index (χ3n) is 14.3. The molecule has 4 aromatic carbocycles. The molecule has 0 spiro atoms. The minimum absolute atomic E-state index is 0.0420. The van der Waals surface area contributed by atoms with Crippen LogP contribution in [0, 0.1) is 35.1 Å². The van der Waals surface area contributed by atoms with E-state index in [1.165, 1.54) is 28.9 Å². The Kier molecular flexibility index (Phi) is 15.5. The minimum atomic E-state index is -4.37. The van der Waals surface area contributed by atoms with E-state index in [4.69, 9.17) is 42.1 Å². The van der Waals surface area contributed by atoms with Crippen molar-refractivity contribution >= 4 is 64.8 Å². The number of hydrogen-bond donors (Lipinski definition) is 0. The van der Waals surface area contributed by atoms with Crippen LogP contribution < -0.4 is 9.47 Å². The fourth-order valence-corrected chi connectivity index (χ4v) is 16.0. The molecule has 73 heavy (non-hydrogen) atoms. The molecule has 1 aromatic heterocycles. The molecule has 5 aliphatic heterocycles. The highest BCUT2D eigenvalue weighted by Crippen LogP contribution is 2.56. The number of rotatable bonds is 15. The molecule has 6 atom stereocenters. The van der Waals surface area contributed by atoms with Crippen LogP contribution in [-0.2, 0) is 62.1 Å². The maximum Gasteiger partial charge on any atom is 0.189 e. The number of hydrogen-bond acceptors (Lipinski definition) is 13. The molecule has 0 aliphatic carbocycles. The maximum atomic E-state index is 15.4. The summed E-state index contributed by atoms with van der Waals surface area (Å²) in [6, 6.07) is 18.4. The van der Waals surface area contributed by atoms with Gasteiger partial charge in [0.05, 0.1) is 66.2 Å². The molecule has 0 N–H and O–H groups in total. The standard InChI is InChI=1S/C25H25ClF2N2O6S2.C25H25ClF2N2O4S/c26-17-2-4-18(5-3-17)38(33,34)25-9-13-35-22(8-14-37(31,32)15-12-30-11-1-10-29-30)19(25)16-36-24-21(28)7-6-20(27)23(24)25;26-17-3-1-16(2-4-17)13-25-8-11-33-21(7-12-35(31,32)15-22-29-9-10-30-22)18(25)14-34-24-20(28)6-5-19(27)23(24)25/h1-7,10-11,19,22H,8-9,12-16H2;1-6,9,18,21H,7-8,10-15H2/t19-,22-,25-;18-,21-,25-/m00/s1. The second-order valence-electron chi connectivity index (χ2n) is 18.6. The van der Waals surface area contributed by atoms with Crippen molar-refractivity contribution in [1.29, 1.82) is 0 Å². The molecule has 0 saturated carbocycles. The third-order valence-corrected chi connectivity index (χ3v) is 20.6. The number of nitrogens with zero attached hydrogens (tertiary/aromatic N) is 4. The molecule has 5 aromatic rings. The fourth-order valence-electron chi connectivity index (χ4n) is 10.9. The van der Waals surface area contributed by atoms with Gasteiger partial charge in [-0.25, -0.2) is 47.8 Å². The summed E-state index contributed by atoms with van der Waals surface area (Å²) in [5.74, 6) is -5.34. The molecule has 2 fully saturated rings. The Morgan fingerprint density at radius 3 is 1.88 bits per heavy atom. The Hall–Kier alpha value is -4.90. The van der Waals surface area contributed by atoms with Gasteiger partial charge < -0.3 is 18.9 Å². The number of aryl methyl sites for hydroxylation is 1. The fraction of sp³-hybridized carbons (Fsp3) is 0.420. The van der Waals surface area contributed by atoms with Gasteiger partial charge in [0.1, 0.15) is 28.0 Å². The summed E-state index contributed by atoms with van der Waals surface area (Å²) in [6.45, 7) is 0.559. The summed E-state index contributed by atoms with van der Waals surface area (Å²) in [7, 11) is -11.4. The second-order valence-corrected chi connectivity index (χ2v) is 26.2. The van der Waals surface area contributed by atoms with Gasteiger partial charge in [0.15, 0.2) is 52.6 Å². The summed E-state index contributed by atoms with van der Waals surface area (Å²) < 4.78 is 163. The molecule has 390 valence electrons.